The van der Waals surface area contributed by atoms with Crippen LogP contribution >= 0.6 is 15.9 Å². The Bertz CT molecular complexity index is 373. The predicted molar refractivity (Wildman–Crippen MR) is 41.6 cm³/mol. The molecule has 0 aliphatic carbocycles. The lowest BCUT2D eigenvalue weighted by Crippen LogP contribution is -1.97. The van der Waals surface area contributed by atoms with Crippen LogP contribution in [0.3, 0.4) is 0 Å². The molecule has 0 saturated carbocycles. The first-order valence-corrected chi connectivity index (χ1v) is 3.89. The summed E-state index contributed by atoms with van der Waals surface area (Å²) in [6.07, 6.45) is -2.18. The van der Waals surface area contributed by atoms with E-state index in [1.165, 1.54) is 6.07 Å². The monoisotopic (exact) mass is 250 g/mol. The number of nitrogens with zero attached hydrogens (tertiary/aromatic N) is 2. The first-order valence-electron chi connectivity index (χ1n) is 3.10. The van der Waals surface area contributed by atoms with E-state index in [1.807, 2.05) is 0 Å². The zero-order valence-corrected chi connectivity index (χ0v) is 7.65. The SMILES string of the molecule is N#Cc1c(C(F)F)cnc(F)c1Br. The van der Waals surface area contributed by atoms with E-state index in [-0.39, 0.29) is 4.47 Å². The summed E-state index contributed by atoms with van der Waals surface area (Å²) in [6.45, 7) is 0. The Morgan fingerprint density at radius 1 is 1.54 bits per heavy atom. The van der Waals surface area contributed by atoms with Crippen LogP contribution in [0.5, 0.6) is 0 Å². The molecule has 0 amide bonds. The molecule has 0 bridgehead atoms. The Kier molecular flexibility index (Phi) is 2.88. The molecule has 0 spiro atoms. The van der Waals surface area contributed by atoms with Crippen molar-refractivity contribution in [3.8, 4) is 6.07 Å². The van der Waals surface area contributed by atoms with Gasteiger partial charge in [-0.15, -0.1) is 0 Å². The number of alkyl halides is 2. The van der Waals surface area contributed by atoms with Gasteiger partial charge in [-0.1, -0.05) is 0 Å². The van der Waals surface area contributed by atoms with E-state index in [1.54, 1.807) is 0 Å². The average molecular weight is 251 g/mol. The fourth-order valence-corrected chi connectivity index (χ4v) is 1.18. The Morgan fingerprint density at radius 2 is 2.15 bits per heavy atom. The summed E-state index contributed by atoms with van der Waals surface area (Å²) in [4.78, 5) is 3.06. The molecule has 1 aromatic heterocycles. The number of aromatic nitrogens is 1. The second-order valence-electron chi connectivity index (χ2n) is 2.11. The molecule has 0 unspecified atom stereocenters. The minimum absolute atomic E-state index is 0.326. The van der Waals surface area contributed by atoms with Gasteiger partial charge in [0.2, 0.25) is 5.95 Å². The van der Waals surface area contributed by atoms with Crippen LogP contribution in [0.25, 0.3) is 0 Å². The maximum Gasteiger partial charge on any atom is 0.266 e. The van der Waals surface area contributed by atoms with Crippen LogP contribution in [0.2, 0.25) is 0 Å². The van der Waals surface area contributed by atoms with Crippen molar-refractivity contribution in [1.82, 2.24) is 4.98 Å². The van der Waals surface area contributed by atoms with E-state index >= 15 is 0 Å². The number of hydrogen-bond donors (Lipinski definition) is 0. The van der Waals surface area contributed by atoms with Crippen LogP contribution in [0, 0.1) is 17.3 Å². The van der Waals surface area contributed by atoms with Gasteiger partial charge in [-0.05, 0) is 15.9 Å². The van der Waals surface area contributed by atoms with Crippen molar-refractivity contribution in [3.05, 3.63) is 27.7 Å². The molecule has 0 aromatic carbocycles. The first-order chi connectivity index (χ1) is 6.07. The smallest absolute Gasteiger partial charge is 0.227 e. The van der Waals surface area contributed by atoms with Gasteiger partial charge in [0.05, 0.1) is 15.6 Å². The lowest BCUT2D eigenvalue weighted by Gasteiger charge is -2.03. The maximum atomic E-state index is 12.7. The zero-order chi connectivity index (χ0) is 10.0. The lowest BCUT2D eigenvalue weighted by molar-refractivity contribution is 0.150. The molecule has 2 nitrogen and oxygen atoms in total. The van der Waals surface area contributed by atoms with Crippen molar-refractivity contribution < 1.29 is 13.2 Å². The van der Waals surface area contributed by atoms with Crippen LogP contribution in [-0.4, -0.2) is 4.98 Å². The molecule has 68 valence electrons. The van der Waals surface area contributed by atoms with Crippen LogP contribution in [0.4, 0.5) is 13.2 Å². The first kappa shape index (κ1) is 9.99. The number of halogens is 4. The second kappa shape index (κ2) is 3.75. The quantitative estimate of drug-likeness (QED) is 0.719. The third-order valence-corrected chi connectivity index (χ3v) is 2.08. The van der Waals surface area contributed by atoms with Gasteiger partial charge in [-0.2, -0.15) is 9.65 Å². The highest BCUT2D eigenvalue weighted by atomic mass is 79.9. The summed E-state index contributed by atoms with van der Waals surface area (Å²) in [5, 5.41) is 8.46. The minimum atomic E-state index is -2.83. The molecule has 0 fully saturated rings. The molecular formula is C7H2BrF3N2. The van der Waals surface area contributed by atoms with Crippen LogP contribution in [-0.2, 0) is 0 Å². The normalized spacial score (nSPS) is 10.2. The standard InChI is InChI=1S/C7H2BrF3N2/c8-5-3(1-12)4(6(9)10)2-13-7(5)11/h2,6H. The number of nitriles is 1. The molecule has 6 heteroatoms. The number of pyridine rings is 1. The van der Waals surface area contributed by atoms with Crippen molar-refractivity contribution >= 4 is 15.9 Å². The van der Waals surface area contributed by atoms with Crippen LogP contribution in [0.1, 0.15) is 17.6 Å². The van der Waals surface area contributed by atoms with Crippen molar-refractivity contribution in [2.75, 3.05) is 0 Å². The molecule has 0 atom stereocenters. The topological polar surface area (TPSA) is 36.7 Å². The van der Waals surface area contributed by atoms with Gasteiger partial charge in [0.15, 0.2) is 0 Å². The van der Waals surface area contributed by atoms with E-state index in [0.29, 0.717) is 6.20 Å². The highest BCUT2D eigenvalue weighted by Crippen LogP contribution is 2.28. The van der Waals surface area contributed by atoms with Gasteiger partial charge in [-0.3, -0.25) is 0 Å². The predicted octanol–water partition coefficient (Wildman–Crippen LogP) is 2.79. The average Bonchev–Trinajstić information content (AvgIpc) is 2.09. The fourth-order valence-electron chi connectivity index (χ4n) is 0.756. The van der Waals surface area contributed by atoms with E-state index in [4.69, 9.17) is 5.26 Å². The Hall–Kier alpha value is -1.09. The number of rotatable bonds is 1. The van der Waals surface area contributed by atoms with Gasteiger partial charge in [0.1, 0.15) is 6.07 Å². The van der Waals surface area contributed by atoms with Gasteiger partial charge in [0, 0.05) is 6.20 Å². The summed E-state index contributed by atoms with van der Waals surface area (Å²) < 4.78 is 36.7. The molecule has 0 N–H and O–H groups in total. The van der Waals surface area contributed by atoms with E-state index < -0.39 is 23.5 Å². The highest BCUT2D eigenvalue weighted by molar-refractivity contribution is 9.10. The molecular weight excluding hydrogens is 249 g/mol. The van der Waals surface area contributed by atoms with Crippen molar-refractivity contribution in [2.24, 2.45) is 0 Å². The lowest BCUT2D eigenvalue weighted by atomic mass is 10.1. The second-order valence-corrected chi connectivity index (χ2v) is 2.90. The van der Waals surface area contributed by atoms with E-state index in [0.717, 1.165) is 0 Å². The maximum absolute atomic E-state index is 12.7. The molecule has 0 radical (unpaired) electrons. The Morgan fingerprint density at radius 3 is 2.62 bits per heavy atom. The van der Waals surface area contributed by atoms with Gasteiger partial charge in [-0.25, -0.2) is 13.8 Å². The fraction of sp³-hybridized carbons (Fsp3) is 0.143. The molecule has 0 aliphatic rings. The molecule has 1 aromatic rings. The summed E-state index contributed by atoms with van der Waals surface area (Å²) >= 11 is 2.67. The summed E-state index contributed by atoms with van der Waals surface area (Å²) in [5.74, 6) is -0.971. The third-order valence-electron chi connectivity index (χ3n) is 1.35. The molecule has 1 heterocycles. The minimum Gasteiger partial charge on any atom is -0.227 e. The Labute approximate surface area is 80.1 Å². The molecule has 13 heavy (non-hydrogen) atoms. The van der Waals surface area contributed by atoms with E-state index in [2.05, 4.69) is 20.9 Å². The highest BCUT2D eigenvalue weighted by Gasteiger charge is 2.18. The van der Waals surface area contributed by atoms with Gasteiger partial charge < -0.3 is 0 Å². The molecule has 0 saturated heterocycles. The van der Waals surface area contributed by atoms with Gasteiger partial charge in [0.25, 0.3) is 6.43 Å². The molecule has 1 rings (SSSR count). The largest absolute Gasteiger partial charge is 0.266 e. The van der Waals surface area contributed by atoms with Crippen molar-refractivity contribution in [1.29, 1.82) is 5.26 Å². The third kappa shape index (κ3) is 1.80. The van der Waals surface area contributed by atoms with Gasteiger partial charge >= 0.3 is 0 Å². The van der Waals surface area contributed by atoms with Crippen LogP contribution < -0.4 is 0 Å². The van der Waals surface area contributed by atoms with E-state index in [9.17, 15) is 13.2 Å². The molecule has 0 aliphatic heterocycles. The summed E-state index contributed by atoms with van der Waals surface area (Å²) in [7, 11) is 0. The summed E-state index contributed by atoms with van der Waals surface area (Å²) in [5.41, 5.74) is -0.988. The van der Waals surface area contributed by atoms with Crippen molar-refractivity contribution in [3.63, 3.8) is 0 Å². The van der Waals surface area contributed by atoms with Crippen LogP contribution in [0.15, 0.2) is 10.7 Å². The number of hydrogen-bond acceptors (Lipinski definition) is 2. The summed E-state index contributed by atoms with van der Waals surface area (Å²) in [6, 6.07) is 1.48. The zero-order valence-electron chi connectivity index (χ0n) is 6.06. The van der Waals surface area contributed by atoms with Crippen molar-refractivity contribution in [2.45, 2.75) is 6.43 Å². The Balaban J connectivity index is 3.41.